The number of carbonyl (C=O) groups excluding carboxylic acids is 1. The Morgan fingerprint density at radius 1 is 1.40 bits per heavy atom. The van der Waals surface area contributed by atoms with E-state index in [0.29, 0.717) is 5.56 Å². The Kier molecular flexibility index (Phi) is 5.48. The van der Waals surface area contributed by atoms with Crippen molar-refractivity contribution in [1.82, 2.24) is 15.1 Å². The highest BCUT2D eigenvalue weighted by atomic mass is 16.6. The fraction of sp³-hybridized carbons (Fsp3) is 0.312. The summed E-state index contributed by atoms with van der Waals surface area (Å²) >= 11 is 0. The minimum atomic E-state index is -1.16. The predicted octanol–water partition coefficient (Wildman–Crippen LogP) is 1.74. The summed E-state index contributed by atoms with van der Waals surface area (Å²) in [5, 5.41) is 26.3. The van der Waals surface area contributed by atoms with Crippen molar-refractivity contribution in [3.05, 3.63) is 57.4 Å². The van der Waals surface area contributed by atoms with Gasteiger partial charge in [-0.15, -0.1) is 0 Å². The molecule has 0 saturated heterocycles. The summed E-state index contributed by atoms with van der Waals surface area (Å²) in [7, 11) is 0. The highest BCUT2D eigenvalue weighted by molar-refractivity contribution is 5.84. The van der Waals surface area contributed by atoms with E-state index in [2.05, 4.69) is 10.4 Å². The average Bonchev–Trinajstić information content (AvgIpc) is 3.03. The predicted molar refractivity (Wildman–Crippen MR) is 87.9 cm³/mol. The van der Waals surface area contributed by atoms with Gasteiger partial charge < -0.3 is 10.4 Å². The maximum Gasteiger partial charge on any atom is 0.330 e. The van der Waals surface area contributed by atoms with E-state index in [0.717, 1.165) is 17.3 Å². The maximum absolute atomic E-state index is 12.1. The average molecular weight is 346 g/mol. The second-order valence-electron chi connectivity index (χ2n) is 5.60. The molecule has 1 unspecified atom stereocenters. The summed E-state index contributed by atoms with van der Waals surface area (Å²) in [4.78, 5) is 33.7. The smallest absolute Gasteiger partial charge is 0.330 e. The van der Waals surface area contributed by atoms with E-state index in [-0.39, 0.29) is 18.7 Å². The van der Waals surface area contributed by atoms with Gasteiger partial charge in [0, 0.05) is 13.0 Å². The van der Waals surface area contributed by atoms with Crippen molar-refractivity contribution in [2.75, 3.05) is 0 Å². The van der Waals surface area contributed by atoms with Crippen molar-refractivity contribution >= 4 is 17.6 Å². The van der Waals surface area contributed by atoms with Crippen molar-refractivity contribution in [1.29, 1.82) is 0 Å². The molecule has 0 aliphatic rings. The van der Waals surface area contributed by atoms with Crippen LogP contribution in [-0.2, 0) is 16.1 Å². The highest BCUT2D eigenvalue weighted by Crippen LogP contribution is 2.21. The Bertz CT molecular complexity index is 815. The molecule has 2 aromatic rings. The first kappa shape index (κ1) is 18.1. The lowest BCUT2D eigenvalue weighted by Crippen LogP contribution is -2.34. The molecule has 0 aliphatic carbocycles. The quantitative estimate of drug-likeness (QED) is 0.580. The zero-order valence-corrected chi connectivity index (χ0v) is 13.8. The number of nitrogens with zero attached hydrogens (tertiary/aromatic N) is 3. The number of nitrogens with one attached hydrogen (secondary N) is 1. The highest BCUT2D eigenvalue weighted by Gasteiger charge is 2.24. The molecular weight excluding hydrogens is 328 g/mol. The molecule has 1 aromatic carbocycles. The molecular formula is C16H18N4O5. The van der Waals surface area contributed by atoms with Gasteiger partial charge in [-0.2, -0.15) is 5.10 Å². The molecule has 1 amide bonds. The van der Waals surface area contributed by atoms with Crippen LogP contribution in [0.3, 0.4) is 0 Å². The molecule has 0 bridgehead atoms. The van der Waals surface area contributed by atoms with Crippen molar-refractivity contribution in [3.63, 3.8) is 0 Å². The first-order valence-electron chi connectivity index (χ1n) is 7.54. The summed E-state index contributed by atoms with van der Waals surface area (Å²) < 4.78 is 1.27. The van der Waals surface area contributed by atoms with Crippen LogP contribution < -0.4 is 5.32 Å². The van der Waals surface area contributed by atoms with Gasteiger partial charge in [0.25, 0.3) is 0 Å². The fourth-order valence-corrected chi connectivity index (χ4v) is 2.38. The topological polar surface area (TPSA) is 127 Å². The third-order valence-electron chi connectivity index (χ3n) is 3.91. The molecule has 0 fully saturated rings. The molecule has 132 valence electrons. The number of amides is 1. The number of benzene rings is 1. The van der Waals surface area contributed by atoms with E-state index in [1.165, 1.54) is 10.9 Å². The number of rotatable bonds is 7. The summed E-state index contributed by atoms with van der Waals surface area (Å²) in [5.41, 5.74) is 2.09. The molecule has 1 heterocycles. The molecule has 1 aromatic heterocycles. The van der Waals surface area contributed by atoms with E-state index in [1.54, 1.807) is 19.1 Å². The van der Waals surface area contributed by atoms with Crippen LogP contribution in [0.5, 0.6) is 0 Å². The van der Waals surface area contributed by atoms with E-state index < -0.39 is 22.8 Å². The van der Waals surface area contributed by atoms with Gasteiger partial charge in [-0.25, -0.2) is 4.79 Å². The van der Waals surface area contributed by atoms with Gasteiger partial charge in [-0.1, -0.05) is 18.2 Å². The lowest BCUT2D eigenvalue weighted by molar-refractivity contribution is -0.385. The Labute approximate surface area is 143 Å². The van der Waals surface area contributed by atoms with Crippen LogP contribution in [0.2, 0.25) is 0 Å². The van der Waals surface area contributed by atoms with E-state index in [9.17, 15) is 24.8 Å². The Morgan fingerprint density at radius 2 is 2.12 bits per heavy atom. The number of hydrogen-bond donors (Lipinski definition) is 2. The van der Waals surface area contributed by atoms with E-state index in [1.807, 2.05) is 13.0 Å². The molecule has 2 N–H and O–H groups in total. The standard InChI is InChI=1S/C16H18N4O5/c1-10-4-3-5-13(11(10)2)15(16(22)23)18-14(21)6-7-19-9-12(8-17-19)20(24)25/h3-5,8-9,15H,6-7H2,1-2H3,(H,18,21)(H,22,23). The van der Waals surface area contributed by atoms with Crippen LogP contribution in [0, 0.1) is 24.0 Å². The minimum absolute atomic E-state index is 0.0481. The van der Waals surface area contributed by atoms with Crippen LogP contribution in [0.1, 0.15) is 29.2 Å². The van der Waals surface area contributed by atoms with Gasteiger partial charge in [0.05, 0.1) is 4.92 Å². The zero-order valence-electron chi connectivity index (χ0n) is 13.8. The van der Waals surface area contributed by atoms with E-state index >= 15 is 0 Å². The molecule has 1 atom stereocenters. The minimum Gasteiger partial charge on any atom is -0.479 e. The number of nitro groups is 1. The van der Waals surface area contributed by atoms with E-state index in [4.69, 9.17) is 0 Å². The number of carboxylic acid groups (broad SMARTS) is 1. The fourth-order valence-electron chi connectivity index (χ4n) is 2.38. The van der Waals surface area contributed by atoms with Crippen molar-refractivity contribution in [3.8, 4) is 0 Å². The van der Waals surface area contributed by atoms with Gasteiger partial charge in [-0.05, 0) is 30.5 Å². The largest absolute Gasteiger partial charge is 0.479 e. The molecule has 2 rings (SSSR count). The van der Waals surface area contributed by atoms with Crippen LogP contribution >= 0.6 is 0 Å². The number of carboxylic acids is 1. The van der Waals surface area contributed by atoms with Crippen molar-refractivity contribution in [2.24, 2.45) is 0 Å². The van der Waals surface area contributed by atoms with Crippen molar-refractivity contribution in [2.45, 2.75) is 32.9 Å². The second kappa shape index (κ2) is 7.56. The van der Waals surface area contributed by atoms with Crippen LogP contribution in [0.4, 0.5) is 5.69 Å². The summed E-state index contributed by atoms with van der Waals surface area (Å²) in [6, 6.07) is 4.12. The van der Waals surface area contributed by atoms with Gasteiger partial charge in [-0.3, -0.25) is 19.6 Å². The van der Waals surface area contributed by atoms with Crippen LogP contribution in [-0.4, -0.2) is 31.7 Å². The molecule has 0 aliphatic heterocycles. The van der Waals surface area contributed by atoms with Crippen LogP contribution in [0.25, 0.3) is 0 Å². The summed E-state index contributed by atoms with van der Waals surface area (Å²) in [6.45, 7) is 3.78. The molecule has 9 nitrogen and oxygen atoms in total. The van der Waals surface area contributed by atoms with Crippen molar-refractivity contribution < 1.29 is 19.6 Å². The second-order valence-corrected chi connectivity index (χ2v) is 5.60. The number of aryl methyl sites for hydroxylation is 2. The number of carbonyl (C=O) groups is 2. The lowest BCUT2D eigenvalue weighted by atomic mass is 9.97. The number of hydrogen-bond acceptors (Lipinski definition) is 5. The van der Waals surface area contributed by atoms with Gasteiger partial charge in [0.1, 0.15) is 12.4 Å². The Hall–Kier alpha value is -3.23. The molecule has 9 heteroatoms. The zero-order chi connectivity index (χ0) is 18.6. The Balaban J connectivity index is 2.04. The first-order valence-corrected chi connectivity index (χ1v) is 7.54. The van der Waals surface area contributed by atoms with Crippen LogP contribution in [0.15, 0.2) is 30.6 Å². The van der Waals surface area contributed by atoms with Gasteiger partial charge in [0.15, 0.2) is 6.04 Å². The SMILES string of the molecule is Cc1cccc(C(NC(=O)CCn2cc([N+](=O)[O-])cn2)C(=O)O)c1C. The molecule has 25 heavy (non-hydrogen) atoms. The number of aliphatic carboxylic acids is 1. The first-order chi connectivity index (χ1) is 11.8. The third kappa shape index (κ3) is 4.40. The monoisotopic (exact) mass is 346 g/mol. The maximum atomic E-state index is 12.1. The normalized spacial score (nSPS) is 11.8. The summed E-state index contributed by atoms with van der Waals surface area (Å²) in [5.74, 6) is -1.64. The third-order valence-corrected chi connectivity index (χ3v) is 3.91. The lowest BCUT2D eigenvalue weighted by Gasteiger charge is -2.18. The summed E-state index contributed by atoms with van der Waals surface area (Å²) in [6.07, 6.45) is 2.26. The Morgan fingerprint density at radius 3 is 2.72 bits per heavy atom. The molecule has 0 saturated carbocycles. The number of aromatic nitrogens is 2. The molecule has 0 radical (unpaired) electrons. The van der Waals surface area contributed by atoms with Gasteiger partial charge >= 0.3 is 11.7 Å². The van der Waals surface area contributed by atoms with Gasteiger partial charge in [0.2, 0.25) is 5.91 Å². The molecule has 0 spiro atoms.